The molecular formula is C14H20FN3O. The average Bonchev–Trinajstić information content (AvgIpc) is 3.23. The van der Waals surface area contributed by atoms with Crippen LogP contribution in [0, 0.1) is 11.7 Å². The van der Waals surface area contributed by atoms with E-state index in [2.05, 4.69) is 10.5 Å². The van der Waals surface area contributed by atoms with E-state index < -0.39 is 0 Å². The van der Waals surface area contributed by atoms with E-state index in [-0.39, 0.29) is 11.7 Å². The molecule has 0 radical (unpaired) electrons. The molecule has 1 saturated carbocycles. The van der Waals surface area contributed by atoms with Crippen molar-refractivity contribution in [3.8, 4) is 0 Å². The van der Waals surface area contributed by atoms with Crippen molar-refractivity contribution in [2.24, 2.45) is 16.8 Å². The third kappa shape index (κ3) is 4.21. The Hall–Kier alpha value is -1.62. The third-order valence-corrected chi connectivity index (χ3v) is 3.43. The Morgan fingerprint density at radius 2 is 2.26 bits per heavy atom. The number of hydrogen-bond donors (Lipinski definition) is 3. The molecule has 0 spiro atoms. The van der Waals surface area contributed by atoms with Crippen LogP contribution in [0.15, 0.2) is 23.4 Å². The van der Waals surface area contributed by atoms with Gasteiger partial charge < -0.3 is 16.3 Å². The monoisotopic (exact) mass is 265 g/mol. The molecule has 5 heteroatoms. The highest BCUT2D eigenvalue weighted by molar-refractivity contribution is 5.97. The van der Waals surface area contributed by atoms with Crippen LogP contribution in [0.25, 0.3) is 0 Å². The Bertz CT molecular complexity index is 458. The van der Waals surface area contributed by atoms with Crippen LogP contribution in [0.1, 0.15) is 36.8 Å². The number of nitrogens with one attached hydrogen (secondary N) is 1. The third-order valence-electron chi connectivity index (χ3n) is 3.43. The van der Waals surface area contributed by atoms with E-state index >= 15 is 0 Å². The van der Waals surface area contributed by atoms with E-state index in [0.717, 1.165) is 18.9 Å². The molecule has 1 fully saturated rings. The van der Waals surface area contributed by atoms with E-state index in [9.17, 15) is 4.39 Å². The van der Waals surface area contributed by atoms with Crippen LogP contribution in [-0.2, 0) is 6.54 Å². The maximum absolute atomic E-state index is 13.8. The molecule has 0 amide bonds. The summed E-state index contributed by atoms with van der Waals surface area (Å²) in [5, 5.41) is 14.6. The Kier molecular flexibility index (Phi) is 4.74. The van der Waals surface area contributed by atoms with Crippen LogP contribution in [0.3, 0.4) is 0 Å². The molecule has 0 bridgehead atoms. The van der Waals surface area contributed by atoms with Gasteiger partial charge in [0.25, 0.3) is 0 Å². The van der Waals surface area contributed by atoms with Crippen molar-refractivity contribution < 1.29 is 9.60 Å². The number of amidine groups is 1. The first-order chi connectivity index (χ1) is 9.20. The van der Waals surface area contributed by atoms with E-state index in [1.54, 1.807) is 12.1 Å². The zero-order valence-corrected chi connectivity index (χ0v) is 10.9. The summed E-state index contributed by atoms with van der Waals surface area (Å²) in [5.74, 6) is 0.528. The standard InChI is InChI=1S/C14H20FN3O/c15-13-8-11(14(16)18-19)5-6-12(13)9-17-7-1-2-10-3-4-10/h5-6,8,10,17,19H,1-4,7,9H2,(H2,16,18). The molecule has 2 rings (SSSR count). The smallest absolute Gasteiger partial charge is 0.170 e. The maximum Gasteiger partial charge on any atom is 0.170 e. The highest BCUT2D eigenvalue weighted by Crippen LogP contribution is 2.33. The summed E-state index contributed by atoms with van der Waals surface area (Å²) in [5.41, 5.74) is 6.39. The van der Waals surface area contributed by atoms with E-state index in [0.29, 0.717) is 17.7 Å². The number of halogens is 1. The molecule has 0 heterocycles. The number of oxime groups is 1. The molecule has 1 aliphatic rings. The first kappa shape index (κ1) is 13.8. The van der Waals surface area contributed by atoms with Crippen molar-refractivity contribution in [3.63, 3.8) is 0 Å². The second-order valence-electron chi connectivity index (χ2n) is 5.05. The largest absolute Gasteiger partial charge is 0.409 e. The lowest BCUT2D eigenvalue weighted by molar-refractivity contribution is 0.318. The van der Waals surface area contributed by atoms with Gasteiger partial charge in [-0.15, -0.1) is 0 Å². The number of rotatable bonds is 7. The van der Waals surface area contributed by atoms with Gasteiger partial charge in [0.1, 0.15) is 5.82 Å². The van der Waals surface area contributed by atoms with Crippen LogP contribution in [-0.4, -0.2) is 17.6 Å². The van der Waals surface area contributed by atoms with Crippen LogP contribution < -0.4 is 11.1 Å². The molecule has 0 aromatic heterocycles. The van der Waals surface area contributed by atoms with E-state index in [4.69, 9.17) is 10.9 Å². The van der Waals surface area contributed by atoms with Gasteiger partial charge in [-0.3, -0.25) is 0 Å². The number of nitrogens with two attached hydrogens (primary N) is 1. The summed E-state index contributed by atoms with van der Waals surface area (Å²) in [6, 6.07) is 4.60. The molecule has 0 saturated heterocycles. The summed E-state index contributed by atoms with van der Waals surface area (Å²) in [4.78, 5) is 0. The average molecular weight is 265 g/mol. The lowest BCUT2D eigenvalue weighted by atomic mass is 10.1. The SMILES string of the molecule is N/C(=N/O)c1ccc(CNCCCC2CC2)c(F)c1. The minimum absolute atomic E-state index is 0.0807. The van der Waals surface area contributed by atoms with Crippen molar-refractivity contribution in [2.75, 3.05) is 6.54 Å². The molecular weight excluding hydrogens is 245 g/mol. The maximum atomic E-state index is 13.8. The lowest BCUT2D eigenvalue weighted by Crippen LogP contribution is -2.17. The molecule has 1 aromatic rings. The molecule has 0 unspecified atom stereocenters. The second kappa shape index (κ2) is 6.52. The van der Waals surface area contributed by atoms with Crippen molar-refractivity contribution >= 4 is 5.84 Å². The Labute approximate surface area is 112 Å². The lowest BCUT2D eigenvalue weighted by Gasteiger charge is -2.07. The quantitative estimate of drug-likeness (QED) is 0.233. The van der Waals surface area contributed by atoms with Gasteiger partial charge in [0.2, 0.25) is 0 Å². The zero-order valence-electron chi connectivity index (χ0n) is 10.9. The first-order valence-corrected chi connectivity index (χ1v) is 6.67. The van der Waals surface area contributed by atoms with Gasteiger partial charge in [-0.05, 0) is 31.4 Å². The highest BCUT2D eigenvalue weighted by Gasteiger charge is 2.19. The predicted octanol–water partition coefficient (Wildman–Crippen LogP) is 2.20. The minimum atomic E-state index is -0.334. The van der Waals surface area contributed by atoms with Gasteiger partial charge >= 0.3 is 0 Å². The highest BCUT2D eigenvalue weighted by atomic mass is 19.1. The second-order valence-corrected chi connectivity index (χ2v) is 5.05. The fourth-order valence-electron chi connectivity index (χ4n) is 2.05. The molecule has 1 aromatic carbocycles. The Morgan fingerprint density at radius 1 is 1.47 bits per heavy atom. The summed E-state index contributed by atoms with van der Waals surface area (Å²) in [6.07, 6.45) is 5.18. The zero-order chi connectivity index (χ0) is 13.7. The number of hydrogen-bond acceptors (Lipinski definition) is 3. The van der Waals surface area contributed by atoms with Gasteiger partial charge in [0.05, 0.1) is 0 Å². The Balaban J connectivity index is 1.79. The summed E-state index contributed by atoms with van der Waals surface area (Å²) in [6.45, 7) is 1.42. The fraction of sp³-hybridized carbons (Fsp3) is 0.500. The van der Waals surface area contributed by atoms with Crippen molar-refractivity contribution in [1.29, 1.82) is 0 Å². The number of benzene rings is 1. The topological polar surface area (TPSA) is 70.6 Å². The fourth-order valence-corrected chi connectivity index (χ4v) is 2.05. The van der Waals surface area contributed by atoms with Crippen molar-refractivity contribution in [2.45, 2.75) is 32.2 Å². The summed E-state index contributed by atoms with van der Waals surface area (Å²) in [7, 11) is 0. The predicted molar refractivity (Wildman–Crippen MR) is 72.6 cm³/mol. The molecule has 0 aliphatic heterocycles. The van der Waals surface area contributed by atoms with E-state index in [1.807, 2.05) is 0 Å². The van der Waals surface area contributed by atoms with Crippen LogP contribution in [0.4, 0.5) is 4.39 Å². The molecule has 104 valence electrons. The van der Waals surface area contributed by atoms with Crippen molar-refractivity contribution in [1.82, 2.24) is 5.32 Å². The summed E-state index contributed by atoms with van der Waals surface area (Å²) < 4.78 is 13.8. The van der Waals surface area contributed by atoms with Gasteiger partial charge in [-0.1, -0.05) is 30.1 Å². The van der Waals surface area contributed by atoms with Gasteiger partial charge in [0, 0.05) is 17.7 Å². The van der Waals surface area contributed by atoms with Crippen molar-refractivity contribution in [3.05, 3.63) is 35.1 Å². The minimum Gasteiger partial charge on any atom is -0.409 e. The number of nitrogens with zero attached hydrogens (tertiary/aromatic N) is 1. The molecule has 4 nitrogen and oxygen atoms in total. The van der Waals surface area contributed by atoms with Crippen LogP contribution in [0.5, 0.6) is 0 Å². The molecule has 19 heavy (non-hydrogen) atoms. The Morgan fingerprint density at radius 3 is 2.89 bits per heavy atom. The van der Waals surface area contributed by atoms with Gasteiger partial charge in [-0.2, -0.15) is 0 Å². The van der Waals surface area contributed by atoms with Gasteiger partial charge in [0.15, 0.2) is 5.84 Å². The summed E-state index contributed by atoms with van der Waals surface area (Å²) >= 11 is 0. The normalized spacial score (nSPS) is 15.7. The molecule has 0 atom stereocenters. The van der Waals surface area contributed by atoms with E-state index in [1.165, 1.54) is 25.3 Å². The first-order valence-electron chi connectivity index (χ1n) is 6.67. The van der Waals surface area contributed by atoms with Crippen LogP contribution in [0.2, 0.25) is 0 Å². The van der Waals surface area contributed by atoms with Crippen LogP contribution >= 0.6 is 0 Å². The van der Waals surface area contributed by atoms with Gasteiger partial charge in [-0.25, -0.2) is 4.39 Å². The molecule has 4 N–H and O–H groups in total. The molecule has 1 aliphatic carbocycles.